The zero-order valence-electron chi connectivity index (χ0n) is 11.1. The van der Waals surface area contributed by atoms with E-state index in [4.69, 9.17) is 5.11 Å². The van der Waals surface area contributed by atoms with Crippen LogP contribution in [0.1, 0.15) is 50.5 Å². The molecule has 0 aromatic heterocycles. The molecule has 2 nitrogen and oxygen atoms in total. The Morgan fingerprint density at radius 2 is 1.68 bits per heavy atom. The van der Waals surface area contributed by atoms with Crippen molar-refractivity contribution in [3.8, 4) is 0 Å². The standard InChI is InChI=1S/C16H21FO2/c17-15-12-10-14(11-13-15)8-6-4-2-1-3-5-7-9-16(18)19/h6,8,10-13H,1-5,7,9H2,(H,18,19)/b8-6+. The van der Waals surface area contributed by atoms with Gasteiger partial charge in [-0.1, -0.05) is 43.5 Å². The lowest BCUT2D eigenvalue weighted by molar-refractivity contribution is -0.137. The summed E-state index contributed by atoms with van der Waals surface area (Å²) >= 11 is 0. The van der Waals surface area contributed by atoms with E-state index in [0.717, 1.165) is 44.1 Å². The van der Waals surface area contributed by atoms with E-state index < -0.39 is 5.97 Å². The summed E-state index contributed by atoms with van der Waals surface area (Å²) in [5.74, 6) is -0.916. The first-order chi connectivity index (χ1) is 9.18. The summed E-state index contributed by atoms with van der Waals surface area (Å²) in [6, 6.07) is 6.44. The molecule has 104 valence electrons. The maximum atomic E-state index is 12.7. The first kappa shape index (κ1) is 15.4. The Labute approximate surface area is 114 Å². The monoisotopic (exact) mass is 264 g/mol. The number of halogens is 1. The molecule has 0 spiro atoms. The Morgan fingerprint density at radius 3 is 2.37 bits per heavy atom. The van der Waals surface area contributed by atoms with Gasteiger partial charge in [0.1, 0.15) is 5.82 Å². The normalized spacial score (nSPS) is 11.0. The molecule has 0 heterocycles. The van der Waals surface area contributed by atoms with Crippen molar-refractivity contribution in [1.29, 1.82) is 0 Å². The number of unbranched alkanes of at least 4 members (excludes halogenated alkanes) is 5. The van der Waals surface area contributed by atoms with Gasteiger partial charge in [-0.05, 0) is 37.0 Å². The van der Waals surface area contributed by atoms with Crippen LogP contribution >= 0.6 is 0 Å². The van der Waals surface area contributed by atoms with Gasteiger partial charge in [-0.2, -0.15) is 0 Å². The number of carboxylic acids is 1. The van der Waals surface area contributed by atoms with Gasteiger partial charge in [0.15, 0.2) is 0 Å². The predicted molar refractivity (Wildman–Crippen MR) is 75.4 cm³/mol. The fourth-order valence-corrected chi connectivity index (χ4v) is 1.86. The zero-order chi connectivity index (χ0) is 13.9. The topological polar surface area (TPSA) is 37.3 Å². The molecule has 0 bridgehead atoms. The number of allylic oxidation sites excluding steroid dienone is 1. The second-order valence-corrected chi connectivity index (χ2v) is 4.65. The molecule has 3 heteroatoms. The molecule has 0 atom stereocenters. The van der Waals surface area contributed by atoms with E-state index in [9.17, 15) is 9.18 Å². The number of carbonyl (C=O) groups is 1. The molecule has 0 amide bonds. The average molecular weight is 264 g/mol. The van der Waals surface area contributed by atoms with Gasteiger partial charge in [0.2, 0.25) is 0 Å². The molecule has 0 radical (unpaired) electrons. The molecule has 1 aromatic rings. The molecule has 1 aromatic carbocycles. The Balaban J connectivity index is 2.01. The average Bonchev–Trinajstić information content (AvgIpc) is 2.38. The molecule has 0 fully saturated rings. The van der Waals surface area contributed by atoms with Crippen molar-refractivity contribution in [3.63, 3.8) is 0 Å². The maximum absolute atomic E-state index is 12.7. The van der Waals surface area contributed by atoms with Crippen molar-refractivity contribution in [1.82, 2.24) is 0 Å². The first-order valence-electron chi connectivity index (χ1n) is 6.82. The van der Waals surface area contributed by atoms with Crippen LogP contribution in [-0.4, -0.2) is 11.1 Å². The zero-order valence-corrected chi connectivity index (χ0v) is 11.1. The van der Waals surface area contributed by atoms with E-state index in [1.165, 1.54) is 12.1 Å². The van der Waals surface area contributed by atoms with Crippen molar-refractivity contribution < 1.29 is 14.3 Å². The highest BCUT2D eigenvalue weighted by Crippen LogP contribution is 2.09. The van der Waals surface area contributed by atoms with Crippen molar-refractivity contribution in [2.45, 2.75) is 44.9 Å². The van der Waals surface area contributed by atoms with Crippen LogP contribution in [0.2, 0.25) is 0 Å². The van der Waals surface area contributed by atoms with E-state index in [1.807, 2.05) is 6.08 Å². The number of carboxylic acid groups (broad SMARTS) is 1. The summed E-state index contributed by atoms with van der Waals surface area (Å²) in [7, 11) is 0. The lowest BCUT2D eigenvalue weighted by atomic mass is 10.1. The van der Waals surface area contributed by atoms with E-state index in [2.05, 4.69) is 6.08 Å². The highest BCUT2D eigenvalue weighted by Gasteiger charge is 1.95. The van der Waals surface area contributed by atoms with Crippen LogP contribution in [0.15, 0.2) is 30.3 Å². The van der Waals surface area contributed by atoms with Gasteiger partial charge >= 0.3 is 5.97 Å². The van der Waals surface area contributed by atoms with Gasteiger partial charge in [0.25, 0.3) is 0 Å². The van der Waals surface area contributed by atoms with Gasteiger partial charge in [-0.15, -0.1) is 0 Å². The second kappa shape index (κ2) is 9.31. The minimum atomic E-state index is -0.706. The highest BCUT2D eigenvalue weighted by atomic mass is 19.1. The lowest BCUT2D eigenvalue weighted by Crippen LogP contribution is -1.93. The third-order valence-electron chi connectivity index (χ3n) is 2.94. The summed E-state index contributed by atoms with van der Waals surface area (Å²) in [6.07, 6.45) is 10.5. The van der Waals surface area contributed by atoms with Crippen molar-refractivity contribution in [2.75, 3.05) is 0 Å². The molecule has 1 rings (SSSR count). The van der Waals surface area contributed by atoms with Crippen molar-refractivity contribution >= 4 is 12.0 Å². The Bertz CT molecular complexity index is 396. The highest BCUT2D eigenvalue weighted by molar-refractivity contribution is 5.66. The summed E-state index contributed by atoms with van der Waals surface area (Å²) in [5, 5.41) is 8.48. The van der Waals surface area contributed by atoms with Crippen LogP contribution in [0.3, 0.4) is 0 Å². The Morgan fingerprint density at radius 1 is 1.05 bits per heavy atom. The number of hydrogen-bond donors (Lipinski definition) is 1. The van der Waals surface area contributed by atoms with E-state index >= 15 is 0 Å². The largest absolute Gasteiger partial charge is 0.481 e. The van der Waals surface area contributed by atoms with Gasteiger partial charge in [-0.25, -0.2) is 4.39 Å². The third-order valence-corrected chi connectivity index (χ3v) is 2.94. The molecule has 1 N–H and O–H groups in total. The van der Waals surface area contributed by atoms with Crippen LogP contribution in [0.5, 0.6) is 0 Å². The first-order valence-corrected chi connectivity index (χ1v) is 6.82. The summed E-state index contributed by atoms with van der Waals surface area (Å²) in [4.78, 5) is 10.3. The minimum Gasteiger partial charge on any atom is -0.481 e. The van der Waals surface area contributed by atoms with E-state index in [-0.39, 0.29) is 12.2 Å². The molecule has 0 aliphatic rings. The van der Waals surface area contributed by atoms with Gasteiger partial charge < -0.3 is 5.11 Å². The van der Waals surface area contributed by atoms with Crippen LogP contribution in [-0.2, 0) is 4.79 Å². The van der Waals surface area contributed by atoms with Gasteiger partial charge in [0.05, 0.1) is 0 Å². The quantitative estimate of drug-likeness (QED) is 0.659. The fraction of sp³-hybridized carbons (Fsp3) is 0.438. The molecule has 19 heavy (non-hydrogen) atoms. The second-order valence-electron chi connectivity index (χ2n) is 4.65. The van der Waals surface area contributed by atoms with Crippen molar-refractivity contribution in [3.05, 3.63) is 41.7 Å². The smallest absolute Gasteiger partial charge is 0.303 e. The molecule has 0 saturated carbocycles. The van der Waals surface area contributed by atoms with Crippen molar-refractivity contribution in [2.24, 2.45) is 0 Å². The number of rotatable bonds is 9. The molecule has 0 saturated heterocycles. The predicted octanol–water partition coefficient (Wildman–Crippen LogP) is 4.65. The Hall–Kier alpha value is -1.64. The number of hydrogen-bond acceptors (Lipinski definition) is 1. The lowest BCUT2D eigenvalue weighted by Gasteiger charge is -1.98. The van der Waals surface area contributed by atoms with Crippen LogP contribution < -0.4 is 0 Å². The van der Waals surface area contributed by atoms with Gasteiger partial charge in [-0.3, -0.25) is 4.79 Å². The van der Waals surface area contributed by atoms with Gasteiger partial charge in [0, 0.05) is 6.42 Å². The van der Waals surface area contributed by atoms with Crippen LogP contribution in [0.25, 0.3) is 6.08 Å². The summed E-state index contributed by atoms with van der Waals surface area (Å²) in [5.41, 5.74) is 1.02. The Kier molecular flexibility index (Phi) is 7.56. The molecular weight excluding hydrogens is 243 g/mol. The molecule has 0 aliphatic carbocycles. The molecule has 0 aliphatic heterocycles. The van der Waals surface area contributed by atoms with Crippen LogP contribution in [0.4, 0.5) is 4.39 Å². The summed E-state index contributed by atoms with van der Waals surface area (Å²) in [6.45, 7) is 0. The maximum Gasteiger partial charge on any atom is 0.303 e. The van der Waals surface area contributed by atoms with E-state index in [1.54, 1.807) is 12.1 Å². The molecule has 0 unspecified atom stereocenters. The summed E-state index contributed by atoms with van der Waals surface area (Å²) < 4.78 is 12.7. The molecular formula is C16H21FO2. The number of benzene rings is 1. The van der Waals surface area contributed by atoms with E-state index in [0.29, 0.717) is 0 Å². The third kappa shape index (κ3) is 8.14. The fourth-order valence-electron chi connectivity index (χ4n) is 1.86. The van der Waals surface area contributed by atoms with Crippen LogP contribution in [0, 0.1) is 5.82 Å². The minimum absolute atomic E-state index is 0.210. The SMILES string of the molecule is O=C(O)CCCCCCC/C=C/c1ccc(F)cc1. The number of aliphatic carboxylic acids is 1.